The van der Waals surface area contributed by atoms with Crippen molar-refractivity contribution in [3.63, 3.8) is 0 Å². The van der Waals surface area contributed by atoms with Gasteiger partial charge in [0.1, 0.15) is 11.9 Å². The van der Waals surface area contributed by atoms with Gasteiger partial charge >= 0.3 is 0 Å². The molecule has 0 amide bonds. The van der Waals surface area contributed by atoms with E-state index in [1.165, 1.54) is 0 Å². The maximum atomic E-state index is 11.4. The van der Waals surface area contributed by atoms with Gasteiger partial charge in [0.05, 0.1) is 17.8 Å². The first-order valence-corrected chi connectivity index (χ1v) is 7.01. The van der Waals surface area contributed by atoms with Crippen LogP contribution in [-0.4, -0.2) is 21.7 Å². The number of ether oxygens (including phenoxy) is 1. The van der Waals surface area contributed by atoms with E-state index in [0.717, 1.165) is 25.0 Å². The quantitative estimate of drug-likeness (QED) is 0.801. The smallest absolute Gasteiger partial charge is 0.162 e. The largest absolute Gasteiger partial charge is 0.488 e. The van der Waals surface area contributed by atoms with Crippen LogP contribution in [0.4, 0.5) is 0 Å². The Morgan fingerprint density at radius 1 is 1.30 bits per heavy atom. The lowest BCUT2D eigenvalue weighted by molar-refractivity contribution is 0.101. The minimum absolute atomic E-state index is 0.0507. The summed E-state index contributed by atoms with van der Waals surface area (Å²) in [5.74, 6) is 0.943. The zero-order valence-electron chi connectivity index (χ0n) is 11.5. The average Bonchev–Trinajstić information content (AvgIpc) is 3.08. The highest BCUT2D eigenvalue weighted by Gasteiger charge is 2.31. The van der Waals surface area contributed by atoms with Gasteiger partial charge in [-0.15, -0.1) is 0 Å². The molecule has 2 atom stereocenters. The van der Waals surface area contributed by atoms with E-state index in [0.29, 0.717) is 5.56 Å². The molecule has 1 heterocycles. The van der Waals surface area contributed by atoms with E-state index < -0.39 is 0 Å². The molecule has 1 saturated carbocycles. The molecule has 0 aliphatic heterocycles. The number of carbonyl (C=O) groups is 1. The molecule has 0 radical (unpaired) electrons. The van der Waals surface area contributed by atoms with Crippen LogP contribution in [0.15, 0.2) is 42.7 Å². The van der Waals surface area contributed by atoms with Crippen LogP contribution in [0.1, 0.15) is 42.6 Å². The van der Waals surface area contributed by atoms with Crippen molar-refractivity contribution in [3.05, 3.63) is 48.3 Å². The first-order valence-electron chi connectivity index (χ1n) is 7.01. The van der Waals surface area contributed by atoms with Crippen LogP contribution < -0.4 is 4.74 Å². The van der Waals surface area contributed by atoms with Crippen molar-refractivity contribution in [2.45, 2.75) is 38.3 Å². The molecule has 20 heavy (non-hydrogen) atoms. The fourth-order valence-corrected chi connectivity index (χ4v) is 2.72. The van der Waals surface area contributed by atoms with Crippen LogP contribution in [0.2, 0.25) is 0 Å². The maximum Gasteiger partial charge on any atom is 0.162 e. The Morgan fingerprint density at radius 3 is 2.80 bits per heavy atom. The van der Waals surface area contributed by atoms with Gasteiger partial charge in [0, 0.05) is 6.20 Å². The zero-order valence-corrected chi connectivity index (χ0v) is 11.5. The van der Waals surface area contributed by atoms with Crippen molar-refractivity contribution < 1.29 is 9.53 Å². The highest BCUT2D eigenvalue weighted by Crippen LogP contribution is 2.33. The van der Waals surface area contributed by atoms with Gasteiger partial charge in [-0.1, -0.05) is 18.2 Å². The minimum Gasteiger partial charge on any atom is -0.488 e. The van der Waals surface area contributed by atoms with Gasteiger partial charge in [-0.05, 0) is 38.3 Å². The van der Waals surface area contributed by atoms with Crippen molar-refractivity contribution in [1.29, 1.82) is 0 Å². The zero-order chi connectivity index (χ0) is 13.9. The lowest BCUT2D eigenvalue weighted by Gasteiger charge is -2.21. The molecular formula is C16H18N2O2. The molecule has 0 N–H and O–H groups in total. The molecule has 4 nitrogen and oxygen atoms in total. The summed E-state index contributed by atoms with van der Waals surface area (Å²) in [4.78, 5) is 11.4. The fraction of sp³-hybridized carbons (Fsp3) is 0.375. The summed E-state index contributed by atoms with van der Waals surface area (Å²) in [7, 11) is 0. The Kier molecular flexibility index (Phi) is 3.54. The molecule has 1 aromatic heterocycles. The number of nitrogens with zero attached hydrogens (tertiary/aromatic N) is 2. The van der Waals surface area contributed by atoms with Crippen LogP contribution in [0.3, 0.4) is 0 Å². The summed E-state index contributed by atoms with van der Waals surface area (Å²) >= 11 is 0. The second kappa shape index (κ2) is 5.49. The average molecular weight is 270 g/mol. The fourth-order valence-electron chi connectivity index (χ4n) is 2.72. The predicted molar refractivity (Wildman–Crippen MR) is 76.0 cm³/mol. The Bertz CT molecular complexity index is 592. The van der Waals surface area contributed by atoms with Crippen LogP contribution >= 0.6 is 0 Å². The van der Waals surface area contributed by atoms with Gasteiger partial charge < -0.3 is 4.74 Å². The highest BCUT2D eigenvalue weighted by molar-refractivity contribution is 5.93. The number of hydrogen-bond acceptors (Lipinski definition) is 3. The Balaban J connectivity index is 1.76. The standard InChI is InChI=1S/C16H18N2O2/c1-12(19)13-10-17-18(11-13)15-8-5-9-16(15)20-14-6-3-2-4-7-14/h2-4,6-7,10-11,15-16H,5,8-9H2,1H3/t15-,16+/m0/s1. The Hall–Kier alpha value is -2.10. The molecule has 1 aromatic carbocycles. The van der Waals surface area contributed by atoms with Gasteiger partial charge in [0.25, 0.3) is 0 Å². The summed E-state index contributed by atoms with van der Waals surface area (Å²) in [6.45, 7) is 1.56. The van der Waals surface area contributed by atoms with Gasteiger partial charge in [-0.3, -0.25) is 9.48 Å². The number of aromatic nitrogens is 2. The molecule has 4 heteroatoms. The molecule has 0 bridgehead atoms. The molecular weight excluding hydrogens is 252 g/mol. The van der Waals surface area contributed by atoms with Crippen molar-refractivity contribution >= 4 is 5.78 Å². The van der Waals surface area contributed by atoms with Gasteiger partial charge in [0.15, 0.2) is 5.78 Å². The van der Waals surface area contributed by atoms with E-state index >= 15 is 0 Å². The summed E-state index contributed by atoms with van der Waals surface area (Å²) in [6, 6.07) is 10.1. The van der Waals surface area contributed by atoms with E-state index in [1.807, 2.05) is 41.2 Å². The van der Waals surface area contributed by atoms with Crippen molar-refractivity contribution in [2.75, 3.05) is 0 Å². The highest BCUT2D eigenvalue weighted by atomic mass is 16.5. The third kappa shape index (κ3) is 2.59. The molecule has 3 rings (SSSR count). The van der Waals surface area contributed by atoms with E-state index in [1.54, 1.807) is 13.1 Å². The number of rotatable bonds is 4. The van der Waals surface area contributed by atoms with Gasteiger partial charge in [-0.25, -0.2) is 0 Å². The van der Waals surface area contributed by atoms with E-state index in [2.05, 4.69) is 5.10 Å². The number of carbonyl (C=O) groups excluding carboxylic acids is 1. The molecule has 2 aromatic rings. The van der Waals surface area contributed by atoms with Crippen molar-refractivity contribution in [2.24, 2.45) is 0 Å². The number of benzene rings is 1. The lowest BCUT2D eigenvalue weighted by Crippen LogP contribution is -2.25. The predicted octanol–water partition coefficient (Wildman–Crippen LogP) is 3.26. The molecule has 0 saturated heterocycles. The number of Topliss-reactive ketones (excluding diaryl/α,β-unsaturated/α-hetero) is 1. The van der Waals surface area contributed by atoms with Crippen LogP contribution in [-0.2, 0) is 0 Å². The third-order valence-electron chi connectivity index (χ3n) is 3.80. The van der Waals surface area contributed by atoms with E-state index in [9.17, 15) is 4.79 Å². The van der Waals surface area contributed by atoms with Gasteiger partial charge in [-0.2, -0.15) is 5.10 Å². The first kappa shape index (κ1) is 12.9. The number of ketones is 1. The van der Waals surface area contributed by atoms with Crippen LogP contribution in [0.25, 0.3) is 0 Å². The minimum atomic E-state index is 0.0507. The third-order valence-corrected chi connectivity index (χ3v) is 3.80. The summed E-state index contributed by atoms with van der Waals surface area (Å²) < 4.78 is 7.95. The molecule has 1 aliphatic carbocycles. The maximum absolute atomic E-state index is 11.4. The topological polar surface area (TPSA) is 44.1 Å². The number of hydrogen-bond donors (Lipinski definition) is 0. The summed E-state index contributed by atoms with van der Waals surface area (Å²) in [6.07, 6.45) is 6.78. The van der Waals surface area contributed by atoms with Crippen LogP contribution in [0, 0.1) is 0 Å². The first-order chi connectivity index (χ1) is 9.74. The number of para-hydroxylation sites is 1. The van der Waals surface area contributed by atoms with Gasteiger partial charge in [0.2, 0.25) is 0 Å². The SMILES string of the molecule is CC(=O)c1cnn([C@H]2CCC[C@H]2Oc2ccccc2)c1. The normalized spacial score (nSPS) is 21.9. The van der Waals surface area contributed by atoms with E-state index in [4.69, 9.17) is 4.74 Å². The molecule has 1 aliphatic rings. The molecule has 104 valence electrons. The second-order valence-electron chi connectivity index (χ2n) is 5.23. The summed E-state index contributed by atoms with van der Waals surface area (Å²) in [5, 5.41) is 4.33. The lowest BCUT2D eigenvalue weighted by atomic mass is 10.2. The molecule has 0 unspecified atom stereocenters. The Labute approximate surface area is 118 Å². The summed E-state index contributed by atoms with van der Waals surface area (Å²) in [5.41, 5.74) is 0.662. The van der Waals surface area contributed by atoms with Crippen molar-refractivity contribution in [3.8, 4) is 5.75 Å². The molecule has 0 spiro atoms. The van der Waals surface area contributed by atoms with Crippen molar-refractivity contribution in [1.82, 2.24) is 9.78 Å². The molecule has 1 fully saturated rings. The van der Waals surface area contributed by atoms with Crippen LogP contribution in [0.5, 0.6) is 5.75 Å². The second-order valence-corrected chi connectivity index (χ2v) is 5.23. The monoisotopic (exact) mass is 270 g/mol. The van der Waals surface area contributed by atoms with E-state index in [-0.39, 0.29) is 17.9 Å². The Morgan fingerprint density at radius 2 is 2.10 bits per heavy atom.